The van der Waals surface area contributed by atoms with Crippen LogP contribution in [0.15, 0.2) is 61.2 Å². The molecule has 1 N–H and O–H groups in total. The van der Waals surface area contributed by atoms with E-state index in [0.717, 1.165) is 5.56 Å². The monoisotopic (exact) mass is 282 g/mol. The lowest BCUT2D eigenvalue weighted by molar-refractivity contribution is 0.0536. The first-order valence-corrected chi connectivity index (χ1v) is 6.35. The number of ether oxygens (including phenoxy) is 1. The maximum Gasteiger partial charge on any atom is 0.339 e. The number of hydrogen-bond acceptors (Lipinski definition) is 3. The molecule has 0 aliphatic heterocycles. The molecule has 0 atom stereocenters. The summed E-state index contributed by atoms with van der Waals surface area (Å²) in [4.78, 5) is 23.5. The predicted molar refractivity (Wildman–Crippen MR) is 79.3 cm³/mol. The SMILES string of the molecule is C=CCOC(=O)c1cccc(-c2ccccc2)c1C(=O)O. The molecule has 0 aromatic heterocycles. The van der Waals surface area contributed by atoms with Crippen LogP contribution in [-0.2, 0) is 4.74 Å². The van der Waals surface area contributed by atoms with Gasteiger partial charge in [0.1, 0.15) is 6.61 Å². The van der Waals surface area contributed by atoms with E-state index in [9.17, 15) is 14.7 Å². The van der Waals surface area contributed by atoms with Crippen LogP contribution in [0.4, 0.5) is 0 Å². The van der Waals surface area contributed by atoms with Crippen molar-refractivity contribution in [2.24, 2.45) is 0 Å². The van der Waals surface area contributed by atoms with Gasteiger partial charge in [-0.1, -0.05) is 55.1 Å². The van der Waals surface area contributed by atoms with Gasteiger partial charge in [-0.25, -0.2) is 9.59 Å². The number of esters is 1. The molecule has 4 heteroatoms. The number of aromatic carboxylic acids is 1. The van der Waals surface area contributed by atoms with E-state index >= 15 is 0 Å². The number of carbonyl (C=O) groups is 2. The van der Waals surface area contributed by atoms with Crippen molar-refractivity contribution in [2.45, 2.75) is 0 Å². The van der Waals surface area contributed by atoms with Gasteiger partial charge in [-0.05, 0) is 17.2 Å². The smallest absolute Gasteiger partial charge is 0.339 e. The highest BCUT2D eigenvalue weighted by molar-refractivity contribution is 6.07. The molecule has 0 saturated carbocycles. The Morgan fingerprint density at radius 1 is 1.10 bits per heavy atom. The fourth-order valence-corrected chi connectivity index (χ4v) is 2.02. The van der Waals surface area contributed by atoms with Gasteiger partial charge in [-0.3, -0.25) is 0 Å². The molecule has 0 aliphatic rings. The van der Waals surface area contributed by atoms with Gasteiger partial charge in [0.25, 0.3) is 0 Å². The molecule has 0 aliphatic carbocycles. The molecule has 4 nitrogen and oxygen atoms in total. The van der Waals surface area contributed by atoms with Crippen molar-refractivity contribution in [3.8, 4) is 11.1 Å². The number of rotatable bonds is 5. The van der Waals surface area contributed by atoms with Crippen LogP contribution in [0.5, 0.6) is 0 Å². The Hall–Kier alpha value is -2.88. The van der Waals surface area contributed by atoms with E-state index in [1.165, 1.54) is 12.1 Å². The molecule has 0 heterocycles. The van der Waals surface area contributed by atoms with Gasteiger partial charge in [0.15, 0.2) is 0 Å². The van der Waals surface area contributed by atoms with Crippen LogP contribution >= 0.6 is 0 Å². The molecule has 0 spiro atoms. The van der Waals surface area contributed by atoms with Gasteiger partial charge >= 0.3 is 11.9 Å². The van der Waals surface area contributed by atoms with Crippen LogP contribution in [-0.4, -0.2) is 23.7 Å². The summed E-state index contributed by atoms with van der Waals surface area (Å²) in [7, 11) is 0. The van der Waals surface area contributed by atoms with Crippen LogP contribution in [0.25, 0.3) is 11.1 Å². The molecule has 0 amide bonds. The van der Waals surface area contributed by atoms with E-state index in [0.29, 0.717) is 5.56 Å². The molecule has 2 rings (SSSR count). The highest BCUT2D eigenvalue weighted by Gasteiger charge is 2.21. The average Bonchev–Trinajstić information content (AvgIpc) is 2.52. The normalized spacial score (nSPS) is 9.90. The standard InChI is InChI=1S/C17H14O4/c1-2-11-21-17(20)14-10-6-9-13(15(14)16(18)19)12-7-4-3-5-8-12/h2-10H,1,11H2,(H,18,19). The number of carbonyl (C=O) groups excluding carboxylic acids is 1. The third kappa shape index (κ3) is 3.17. The first kappa shape index (κ1) is 14.5. The summed E-state index contributed by atoms with van der Waals surface area (Å²) in [6.45, 7) is 3.49. The molecule has 0 bridgehead atoms. The van der Waals surface area contributed by atoms with E-state index in [4.69, 9.17) is 4.74 Å². The van der Waals surface area contributed by atoms with Crippen molar-refractivity contribution >= 4 is 11.9 Å². The quantitative estimate of drug-likeness (QED) is 0.674. The molecule has 0 unspecified atom stereocenters. The topological polar surface area (TPSA) is 63.6 Å². The minimum atomic E-state index is -1.17. The van der Waals surface area contributed by atoms with Gasteiger partial charge in [0.05, 0.1) is 11.1 Å². The number of carboxylic acids is 1. The fraction of sp³-hybridized carbons (Fsp3) is 0.0588. The van der Waals surface area contributed by atoms with E-state index in [-0.39, 0.29) is 17.7 Å². The zero-order valence-corrected chi connectivity index (χ0v) is 11.3. The lowest BCUT2D eigenvalue weighted by atomic mass is 9.95. The van der Waals surface area contributed by atoms with E-state index in [1.54, 1.807) is 24.3 Å². The Kier molecular flexibility index (Phi) is 4.51. The summed E-state index contributed by atoms with van der Waals surface area (Å²) in [5.41, 5.74) is 1.19. The lowest BCUT2D eigenvalue weighted by Crippen LogP contribution is -2.13. The predicted octanol–water partition coefficient (Wildman–Crippen LogP) is 3.39. The third-order valence-electron chi connectivity index (χ3n) is 2.92. The second kappa shape index (κ2) is 6.52. The summed E-state index contributed by atoms with van der Waals surface area (Å²) < 4.78 is 4.94. The van der Waals surface area contributed by atoms with Crippen molar-refractivity contribution in [1.82, 2.24) is 0 Å². The van der Waals surface area contributed by atoms with Crippen molar-refractivity contribution in [3.63, 3.8) is 0 Å². The molecule has 0 radical (unpaired) electrons. The molecule has 2 aromatic rings. The van der Waals surface area contributed by atoms with Crippen molar-refractivity contribution < 1.29 is 19.4 Å². The lowest BCUT2D eigenvalue weighted by Gasteiger charge is -2.11. The number of hydrogen-bond donors (Lipinski definition) is 1. The molecule has 21 heavy (non-hydrogen) atoms. The molecular formula is C17H14O4. The zero-order valence-electron chi connectivity index (χ0n) is 11.3. The van der Waals surface area contributed by atoms with Crippen LogP contribution in [0.1, 0.15) is 20.7 Å². The summed E-state index contributed by atoms with van der Waals surface area (Å²) in [6, 6.07) is 13.8. The minimum absolute atomic E-state index is 0.0331. The molecule has 2 aromatic carbocycles. The van der Waals surface area contributed by atoms with Crippen molar-refractivity contribution in [1.29, 1.82) is 0 Å². The van der Waals surface area contributed by atoms with Crippen molar-refractivity contribution in [2.75, 3.05) is 6.61 Å². The Bertz CT molecular complexity index is 674. The second-order valence-corrected chi connectivity index (χ2v) is 4.29. The van der Waals surface area contributed by atoms with Gasteiger partial charge < -0.3 is 9.84 Å². The zero-order chi connectivity index (χ0) is 15.2. The summed E-state index contributed by atoms with van der Waals surface area (Å²) in [6.07, 6.45) is 1.43. The van der Waals surface area contributed by atoms with Crippen molar-refractivity contribution in [3.05, 3.63) is 72.3 Å². The molecule has 106 valence electrons. The Morgan fingerprint density at radius 2 is 1.81 bits per heavy atom. The highest BCUT2D eigenvalue weighted by Crippen LogP contribution is 2.26. The summed E-state index contributed by atoms with van der Waals surface area (Å²) in [5.74, 6) is -1.84. The average molecular weight is 282 g/mol. The van der Waals surface area contributed by atoms with Crippen LogP contribution < -0.4 is 0 Å². The maximum absolute atomic E-state index is 12.0. The Morgan fingerprint density at radius 3 is 2.43 bits per heavy atom. The van der Waals surface area contributed by atoms with Crippen LogP contribution in [0.2, 0.25) is 0 Å². The Balaban J connectivity index is 2.55. The van der Waals surface area contributed by atoms with Crippen LogP contribution in [0.3, 0.4) is 0 Å². The second-order valence-electron chi connectivity index (χ2n) is 4.29. The number of carboxylic acid groups (broad SMARTS) is 1. The molecular weight excluding hydrogens is 268 g/mol. The van der Waals surface area contributed by atoms with Gasteiger partial charge in [0.2, 0.25) is 0 Å². The van der Waals surface area contributed by atoms with Gasteiger partial charge in [0, 0.05) is 0 Å². The largest absolute Gasteiger partial charge is 0.478 e. The summed E-state index contributed by atoms with van der Waals surface area (Å²) >= 11 is 0. The Labute approximate surface area is 122 Å². The fourth-order valence-electron chi connectivity index (χ4n) is 2.02. The van der Waals surface area contributed by atoms with Gasteiger partial charge in [-0.15, -0.1) is 0 Å². The van der Waals surface area contributed by atoms with E-state index in [2.05, 4.69) is 6.58 Å². The highest BCUT2D eigenvalue weighted by atomic mass is 16.5. The van der Waals surface area contributed by atoms with Gasteiger partial charge in [-0.2, -0.15) is 0 Å². The molecule has 0 saturated heterocycles. The van der Waals surface area contributed by atoms with E-state index in [1.807, 2.05) is 18.2 Å². The van der Waals surface area contributed by atoms with E-state index < -0.39 is 11.9 Å². The minimum Gasteiger partial charge on any atom is -0.478 e. The summed E-state index contributed by atoms with van der Waals surface area (Å²) in [5, 5.41) is 9.45. The molecule has 0 fully saturated rings. The number of benzene rings is 2. The third-order valence-corrected chi connectivity index (χ3v) is 2.92. The van der Waals surface area contributed by atoms with Crippen LogP contribution in [0, 0.1) is 0 Å². The maximum atomic E-state index is 12.0. The first-order valence-electron chi connectivity index (χ1n) is 6.35. The first-order chi connectivity index (χ1) is 10.1.